The minimum absolute atomic E-state index is 0.00351. The maximum atomic E-state index is 13.4. The molecule has 8 heteroatoms. The number of thiocarbonyl (C=S) groups is 1. The van der Waals surface area contributed by atoms with Crippen LogP contribution in [0.5, 0.6) is 0 Å². The molecule has 0 unspecified atom stereocenters. The smallest absolute Gasteiger partial charge is 0.335 e. The van der Waals surface area contributed by atoms with Gasteiger partial charge in [-0.2, -0.15) is 0 Å². The molecule has 0 radical (unpaired) electrons. The van der Waals surface area contributed by atoms with Crippen LogP contribution in [0.25, 0.3) is 11.8 Å². The average molecular weight is 474 g/mol. The molecule has 1 aromatic heterocycles. The van der Waals surface area contributed by atoms with Crippen molar-refractivity contribution in [3.8, 4) is 5.69 Å². The first-order valence-electron chi connectivity index (χ1n) is 10.6. The molecule has 0 atom stereocenters. The molecule has 1 N–H and O–H groups in total. The normalized spacial score (nSPS) is 15.4. The molecule has 2 amide bonds. The Morgan fingerprint density at radius 3 is 2.26 bits per heavy atom. The van der Waals surface area contributed by atoms with Crippen molar-refractivity contribution in [3.63, 3.8) is 0 Å². The SMILES string of the molecule is Cc1ccc(N2C(=O)/C(=C\c3cc(C)n(-c4cccc(C(=O)O)c4)c3C)C(=O)N(C)C2=S)cc1. The number of aryl methyl sites for hydroxylation is 2. The van der Waals surface area contributed by atoms with Crippen LogP contribution in [-0.4, -0.2) is 44.5 Å². The summed E-state index contributed by atoms with van der Waals surface area (Å²) in [6.07, 6.45) is 1.57. The van der Waals surface area contributed by atoms with Crippen LogP contribution in [0.3, 0.4) is 0 Å². The van der Waals surface area contributed by atoms with Gasteiger partial charge in [-0.15, -0.1) is 0 Å². The number of anilines is 1. The van der Waals surface area contributed by atoms with Crippen molar-refractivity contribution < 1.29 is 19.5 Å². The number of carbonyl (C=O) groups is 3. The molecular formula is C26H23N3O4S. The van der Waals surface area contributed by atoms with Crippen LogP contribution in [0.4, 0.5) is 5.69 Å². The molecule has 2 heterocycles. The first-order valence-corrected chi connectivity index (χ1v) is 11.0. The van der Waals surface area contributed by atoms with Gasteiger partial charge in [0.15, 0.2) is 5.11 Å². The van der Waals surface area contributed by atoms with Gasteiger partial charge in [-0.1, -0.05) is 23.8 Å². The van der Waals surface area contributed by atoms with Gasteiger partial charge in [0, 0.05) is 24.1 Å². The standard InChI is InChI=1S/C26H23N3O4S/c1-15-8-10-20(11-9-15)29-24(31)22(23(30)27(4)26(29)34)14-19-12-16(2)28(17(19)3)21-7-5-6-18(13-21)25(32)33/h5-14H,1-4H3,(H,32,33)/b22-14-. The zero-order valence-corrected chi connectivity index (χ0v) is 20.0. The molecule has 2 aromatic carbocycles. The summed E-state index contributed by atoms with van der Waals surface area (Å²) in [5.74, 6) is -1.98. The molecule has 1 aliphatic rings. The summed E-state index contributed by atoms with van der Waals surface area (Å²) in [4.78, 5) is 40.5. The highest BCUT2D eigenvalue weighted by Crippen LogP contribution is 2.28. The molecule has 172 valence electrons. The van der Waals surface area contributed by atoms with Crippen LogP contribution >= 0.6 is 12.2 Å². The van der Waals surface area contributed by atoms with E-state index in [4.69, 9.17) is 12.2 Å². The van der Waals surface area contributed by atoms with Crippen LogP contribution in [-0.2, 0) is 9.59 Å². The summed E-state index contributed by atoms with van der Waals surface area (Å²) in [6.45, 7) is 5.69. The van der Waals surface area contributed by atoms with Gasteiger partial charge in [0.1, 0.15) is 5.57 Å². The summed E-state index contributed by atoms with van der Waals surface area (Å²) in [5.41, 5.74) is 4.76. The van der Waals surface area contributed by atoms with Gasteiger partial charge < -0.3 is 9.67 Å². The summed E-state index contributed by atoms with van der Waals surface area (Å²) < 4.78 is 1.89. The van der Waals surface area contributed by atoms with Crippen LogP contribution in [0.15, 0.2) is 60.2 Å². The number of amides is 2. The van der Waals surface area contributed by atoms with E-state index in [9.17, 15) is 19.5 Å². The van der Waals surface area contributed by atoms with Gasteiger partial charge in [-0.25, -0.2) is 4.79 Å². The van der Waals surface area contributed by atoms with E-state index in [1.165, 1.54) is 15.9 Å². The molecule has 1 saturated heterocycles. The molecule has 1 aliphatic heterocycles. The Labute approximate surface area is 202 Å². The third-order valence-corrected chi connectivity index (χ3v) is 6.32. The second-order valence-electron chi connectivity index (χ2n) is 8.20. The molecule has 3 aromatic rings. The van der Waals surface area contributed by atoms with Crippen LogP contribution in [0.2, 0.25) is 0 Å². The van der Waals surface area contributed by atoms with Gasteiger partial charge in [-0.3, -0.25) is 19.4 Å². The van der Waals surface area contributed by atoms with E-state index in [1.54, 1.807) is 37.4 Å². The van der Waals surface area contributed by atoms with E-state index >= 15 is 0 Å². The number of aromatic carboxylic acids is 1. The predicted molar refractivity (Wildman–Crippen MR) is 134 cm³/mol. The molecular weight excluding hydrogens is 450 g/mol. The first-order chi connectivity index (χ1) is 16.1. The molecule has 1 fully saturated rings. The minimum atomic E-state index is -1.01. The van der Waals surface area contributed by atoms with Crippen molar-refractivity contribution in [1.82, 2.24) is 9.47 Å². The van der Waals surface area contributed by atoms with Gasteiger partial charge in [0.25, 0.3) is 11.8 Å². The summed E-state index contributed by atoms with van der Waals surface area (Å²) in [6, 6.07) is 15.8. The molecule has 0 saturated carbocycles. The van der Waals surface area contributed by atoms with Gasteiger partial charge in [-0.05, 0) is 81.0 Å². The Hall–Kier alpha value is -4.04. The summed E-state index contributed by atoms with van der Waals surface area (Å²) >= 11 is 5.42. The number of nitrogens with zero attached hydrogens (tertiary/aromatic N) is 3. The maximum Gasteiger partial charge on any atom is 0.335 e. The van der Waals surface area contributed by atoms with Crippen molar-refractivity contribution >= 4 is 46.9 Å². The van der Waals surface area contributed by atoms with Crippen LogP contribution in [0, 0.1) is 20.8 Å². The molecule has 0 bridgehead atoms. The Bertz CT molecular complexity index is 1390. The van der Waals surface area contributed by atoms with E-state index in [1.807, 2.05) is 49.6 Å². The maximum absolute atomic E-state index is 13.4. The Morgan fingerprint density at radius 2 is 1.62 bits per heavy atom. The zero-order valence-electron chi connectivity index (χ0n) is 19.2. The molecule has 7 nitrogen and oxygen atoms in total. The molecule has 34 heavy (non-hydrogen) atoms. The van der Waals surface area contributed by atoms with Crippen molar-refractivity contribution in [2.75, 3.05) is 11.9 Å². The monoisotopic (exact) mass is 473 g/mol. The van der Waals surface area contributed by atoms with Gasteiger partial charge in [0.05, 0.1) is 11.3 Å². The largest absolute Gasteiger partial charge is 0.478 e. The number of carboxylic acids is 1. The van der Waals surface area contributed by atoms with E-state index in [0.717, 1.165) is 17.0 Å². The number of likely N-dealkylation sites (N-methyl/N-ethyl adjacent to an activating group) is 1. The zero-order chi connectivity index (χ0) is 24.7. The van der Waals surface area contributed by atoms with Crippen molar-refractivity contribution in [2.24, 2.45) is 0 Å². The van der Waals surface area contributed by atoms with E-state index in [2.05, 4.69) is 0 Å². The lowest BCUT2D eigenvalue weighted by Crippen LogP contribution is -2.54. The summed E-state index contributed by atoms with van der Waals surface area (Å²) in [7, 11) is 1.55. The number of hydrogen-bond donors (Lipinski definition) is 1. The Balaban J connectivity index is 1.79. The van der Waals surface area contributed by atoms with Crippen molar-refractivity contribution in [3.05, 3.63) is 88.2 Å². The highest BCUT2D eigenvalue weighted by atomic mass is 32.1. The van der Waals surface area contributed by atoms with Crippen LogP contribution < -0.4 is 4.90 Å². The van der Waals surface area contributed by atoms with Gasteiger partial charge in [0.2, 0.25) is 0 Å². The van der Waals surface area contributed by atoms with Crippen molar-refractivity contribution in [2.45, 2.75) is 20.8 Å². The third kappa shape index (κ3) is 3.92. The number of carbonyl (C=O) groups excluding carboxylic acids is 2. The fourth-order valence-electron chi connectivity index (χ4n) is 4.03. The predicted octanol–water partition coefficient (Wildman–Crippen LogP) is 4.27. The average Bonchev–Trinajstić information content (AvgIpc) is 3.09. The van der Waals surface area contributed by atoms with E-state index in [0.29, 0.717) is 16.9 Å². The fourth-order valence-corrected chi connectivity index (χ4v) is 4.30. The highest BCUT2D eigenvalue weighted by Gasteiger charge is 2.38. The number of rotatable bonds is 4. The van der Waals surface area contributed by atoms with Crippen LogP contribution in [0.1, 0.15) is 32.9 Å². The third-order valence-electron chi connectivity index (χ3n) is 5.86. The number of benzene rings is 2. The van der Waals surface area contributed by atoms with Gasteiger partial charge >= 0.3 is 5.97 Å². The number of hydrogen-bond acceptors (Lipinski definition) is 4. The lowest BCUT2D eigenvalue weighted by Gasteiger charge is -2.34. The minimum Gasteiger partial charge on any atom is -0.478 e. The van der Waals surface area contributed by atoms with E-state index < -0.39 is 17.8 Å². The Morgan fingerprint density at radius 1 is 0.941 bits per heavy atom. The Kier molecular flexibility index (Phi) is 5.93. The first kappa shape index (κ1) is 23.1. The lowest BCUT2D eigenvalue weighted by molar-refractivity contribution is -0.127. The second kappa shape index (κ2) is 8.72. The molecule has 0 aliphatic carbocycles. The fraction of sp³-hybridized carbons (Fsp3) is 0.154. The number of aromatic nitrogens is 1. The van der Waals surface area contributed by atoms with Crippen molar-refractivity contribution in [1.29, 1.82) is 0 Å². The highest BCUT2D eigenvalue weighted by molar-refractivity contribution is 7.80. The second-order valence-corrected chi connectivity index (χ2v) is 8.56. The lowest BCUT2D eigenvalue weighted by atomic mass is 10.1. The molecule has 4 rings (SSSR count). The molecule has 0 spiro atoms. The summed E-state index contributed by atoms with van der Waals surface area (Å²) in [5, 5.41) is 9.46. The van der Waals surface area contributed by atoms with E-state index in [-0.39, 0.29) is 16.2 Å². The topological polar surface area (TPSA) is 82.9 Å². The number of carboxylic acid groups (broad SMARTS) is 1. The quantitative estimate of drug-likeness (QED) is 0.348.